The summed E-state index contributed by atoms with van der Waals surface area (Å²) in [6, 6.07) is 5.82. The highest BCUT2D eigenvalue weighted by atomic mass is 16.5. The SMILES string of the molecule is CCN(C(=O)c1cccc(OC)c1OC)C1CCCCC1. The maximum atomic E-state index is 12.9. The van der Waals surface area contributed by atoms with Crippen LogP contribution < -0.4 is 9.47 Å². The van der Waals surface area contributed by atoms with E-state index in [1.807, 2.05) is 30.0 Å². The number of ether oxygens (including phenoxy) is 2. The Balaban J connectivity index is 2.28. The molecule has 0 saturated heterocycles. The van der Waals surface area contributed by atoms with Crippen LogP contribution in [-0.4, -0.2) is 37.6 Å². The minimum absolute atomic E-state index is 0.0418. The molecule has 0 radical (unpaired) electrons. The predicted molar refractivity (Wildman–Crippen MR) is 83.1 cm³/mol. The number of hydrogen-bond acceptors (Lipinski definition) is 3. The molecule has 1 aliphatic carbocycles. The molecule has 4 heteroatoms. The summed E-state index contributed by atoms with van der Waals surface area (Å²) in [6.45, 7) is 2.77. The lowest BCUT2D eigenvalue weighted by atomic mass is 9.93. The highest BCUT2D eigenvalue weighted by Crippen LogP contribution is 2.33. The van der Waals surface area contributed by atoms with E-state index in [0.29, 0.717) is 23.1 Å². The molecule has 0 aromatic heterocycles. The first kappa shape index (κ1) is 15.7. The van der Waals surface area contributed by atoms with E-state index in [4.69, 9.17) is 9.47 Å². The Morgan fingerprint density at radius 2 is 1.90 bits per heavy atom. The maximum absolute atomic E-state index is 12.9. The fourth-order valence-corrected chi connectivity index (χ4v) is 3.17. The molecule has 1 aromatic rings. The van der Waals surface area contributed by atoms with Crippen LogP contribution >= 0.6 is 0 Å². The van der Waals surface area contributed by atoms with Crippen molar-refractivity contribution in [2.45, 2.75) is 45.1 Å². The molecule has 21 heavy (non-hydrogen) atoms. The number of nitrogens with zero attached hydrogens (tertiary/aromatic N) is 1. The van der Waals surface area contributed by atoms with Gasteiger partial charge in [-0.15, -0.1) is 0 Å². The quantitative estimate of drug-likeness (QED) is 0.833. The van der Waals surface area contributed by atoms with Crippen LogP contribution in [0.1, 0.15) is 49.4 Å². The summed E-state index contributed by atoms with van der Waals surface area (Å²) in [5.41, 5.74) is 0.587. The Bertz CT molecular complexity index is 481. The summed E-state index contributed by atoms with van der Waals surface area (Å²) in [6.07, 6.45) is 5.91. The largest absolute Gasteiger partial charge is 0.493 e. The predicted octanol–water partition coefficient (Wildman–Crippen LogP) is 3.50. The summed E-state index contributed by atoms with van der Waals surface area (Å²) in [5.74, 6) is 1.17. The Labute approximate surface area is 127 Å². The van der Waals surface area contributed by atoms with E-state index in [2.05, 4.69) is 0 Å². The number of rotatable bonds is 5. The number of methoxy groups -OCH3 is 2. The summed E-state index contributed by atoms with van der Waals surface area (Å²) >= 11 is 0. The normalized spacial score (nSPS) is 15.6. The van der Waals surface area contributed by atoms with Gasteiger partial charge < -0.3 is 14.4 Å². The molecule has 0 bridgehead atoms. The first-order valence-corrected chi connectivity index (χ1v) is 7.74. The number of hydrogen-bond donors (Lipinski definition) is 0. The maximum Gasteiger partial charge on any atom is 0.258 e. The average molecular weight is 291 g/mol. The molecule has 1 aromatic carbocycles. The van der Waals surface area contributed by atoms with Gasteiger partial charge in [-0.2, -0.15) is 0 Å². The molecule has 0 heterocycles. The Morgan fingerprint density at radius 3 is 2.48 bits per heavy atom. The van der Waals surface area contributed by atoms with Crippen LogP contribution in [0.3, 0.4) is 0 Å². The molecule has 0 N–H and O–H groups in total. The molecule has 1 aliphatic rings. The van der Waals surface area contributed by atoms with E-state index in [1.165, 1.54) is 19.3 Å². The van der Waals surface area contributed by atoms with Crippen LogP contribution in [0.5, 0.6) is 11.5 Å². The van der Waals surface area contributed by atoms with E-state index in [9.17, 15) is 4.79 Å². The molecule has 0 spiro atoms. The molecule has 0 unspecified atom stereocenters. The van der Waals surface area contributed by atoms with Crippen molar-refractivity contribution in [1.82, 2.24) is 4.90 Å². The standard InChI is InChI=1S/C17H25NO3/c1-4-18(13-9-6-5-7-10-13)17(19)14-11-8-12-15(20-2)16(14)21-3/h8,11-13H,4-7,9-10H2,1-3H3. The second kappa shape index (κ2) is 7.34. The Kier molecular flexibility index (Phi) is 5.48. The van der Waals surface area contributed by atoms with Crippen molar-refractivity contribution >= 4 is 5.91 Å². The zero-order chi connectivity index (χ0) is 15.2. The summed E-state index contributed by atoms with van der Waals surface area (Å²) in [7, 11) is 3.16. The van der Waals surface area contributed by atoms with Gasteiger partial charge in [0.15, 0.2) is 11.5 Å². The van der Waals surface area contributed by atoms with Gasteiger partial charge in [0.1, 0.15) is 0 Å². The van der Waals surface area contributed by atoms with Gasteiger partial charge in [0.2, 0.25) is 0 Å². The van der Waals surface area contributed by atoms with Crippen molar-refractivity contribution in [3.63, 3.8) is 0 Å². The number of para-hydroxylation sites is 1. The molecule has 1 saturated carbocycles. The van der Waals surface area contributed by atoms with Crippen LogP contribution in [0.4, 0.5) is 0 Å². The minimum atomic E-state index is 0.0418. The highest BCUT2D eigenvalue weighted by molar-refractivity contribution is 5.98. The summed E-state index contributed by atoms with van der Waals surface area (Å²) in [4.78, 5) is 14.9. The zero-order valence-electron chi connectivity index (χ0n) is 13.2. The highest BCUT2D eigenvalue weighted by Gasteiger charge is 2.27. The van der Waals surface area contributed by atoms with E-state index < -0.39 is 0 Å². The van der Waals surface area contributed by atoms with E-state index in [0.717, 1.165) is 19.4 Å². The molecular weight excluding hydrogens is 266 g/mol. The van der Waals surface area contributed by atoms with Gasteiger partial charge in [-0.05, 0) is 31.9 Å². The number of benzene rings is 1. The smallest absolute Gasteiger partial charge is 0.258 e. The molecule has 0 aliphatic heterocycles. The van der Waals surface area contributed by atoms with Crippen molar-refractivity contribution in [2.24, 2.45) is 0 Å². The lowest BCUT2D eigenvalue weighted by molar-refractivity contribution is 0.0644. The molecule has 116 valence electrons. The summed E-state index contributed by atoms with van der Waals surface area (Å²) < 4.78 is 10.7. The van der Waals surface area contributed by atoms with Gasteiger partial charge in [-0.3, -0.25) is 4.79 Å². The minimum Gasteiger partial charge on any atom is -0.493 e. The number of amides is 1. The Morgan fingerprint density at radius 1 is 1.19 bits per heavy atom. The van der Waals surface area contributed by atoms with Gasteiger partial charge in [-0.25, -0.2) is 0 Å². The monoisotopic (exact) mass is 291 g/mol. The van der Waals surface area contributed by atoms with Crippen molar-refractivity contribution in [2.75, 3.05) is 20.8 Å². The second-order valence-corrected chi connectivity index (χ2v) is 5.42. The van der Waals surface area contributed by atoms with Crippen molar-refractivity contribution in [1.29, 1.82) is 0 Å². The molecule has 1 amide bonds. The van der Waals surface area contributed by atoms with Gasteiger partial charge in [-0.1, -0.05) is 25.3 Å². The lowest BCUT2D eigenvalue weighted by Gasteiger charge is -2.34. The van der Waals surface area contributed by atoms with Crippen LogP contribution in [-0.2, 0) is 0 Å². The molecule has 0 atom stereocenters. The first-order valence-electron chi connectivity index (χ1n) is 7.74. The van der Waals surface area contributed by atoms with Gasteiger partial charge in [0, 0.05) is 12.6 Å². The van der Waals surface area contributed by atoms with Gasteiger partial charge in [0.05, 0.1) is 19.8 Å². The van der Waals surface area contributed by atoms with Crippen molar-refractivity contribution in [3.05, 3.63) is 23.8 Å². The third-order valence-electron chi connectivity index (χ3n) is 4.25. The van der Waals surface area contributed by atoms with Gasteiger partial charge >= 0.3 is 0 Å². The van der Waals surface area contributed by atoms with Crippen LogP contribution in [0.25, 0.3) is 0 Å². The fourth-order valence-electron chi connectivity index (χ4n) is 3.17. The van der Waals surface area contributed by atoms with Crippen LogP contribution in [0.2, 0.25) is 0 Å². The molecular formula is C17H25NO3. The molecule has 1 fully saturated rings. The van der Waals surface area contributed by atoms with E-state index in [1.54, 1.807) is 14.2 Å². The zero-order valence-corrected chi connectivity index (χ0v) is 13.2. The molecule has 2 rings (SSSR count). The third-order valence-corrected chi connectivity index (χ3v) is 4.25. The topological polar surface area (TPSA) is 38.8 Å². The van der Waals surface area contributed by atoms with Crippen LogP contribution in [0, 0.1) is 0 Å². The van der Waals surface area contributed by atoms with Gasteiger partial charge in [0.25, 0.3) is 5.91 Å². The fraction of sp³-hybridized carbons (Fsp3) is 0.588. The number of carbonyl (C=O) groups excluding carboxylic acids is 1. The average Bonchev–Trinajstić information content (AvgIpc) is 2.55. The number of carbonyl (C=O) groups is 1. The van der Waals surface area contributed by atoms with Crippen molar-refractivity contribution < 1.29 is 14.3 Å². The van der Waals surface area contributed by atoms with Crippen LogP contribution in [0.15, 0.2) is 18.2 Å². The first-order chi connectivity index (χ1) is 10.2. The second-order valence-electron chi connectivity index (χ2n) is 5.42. The Hall–Kier alpha value is -1.71. The van der Waals surface area contributed by atoms with E-state index in [-0.39, 0.29) is 5.91 Å². The van der Waals surface area contributed by atoms with E-state index >= 15 is 0 Å². The third kappa shape index (κ3) is 3.31. The molecule has 4 nitrogen and oxygen atoms in total. The summed E-state index contributed by atoms with van der Waals surface area (Å²) in [5, 5.41) is 0. The lowest BCUT2D eigenvalue weighted by Crippen LogP contribution is -2.41. The van der Waals surface area contributed by atoms with Crippen molar-refractivity contribution in [3.8, 4) is 11.5 Å².